The molecule has 0 aromatic heterocycles. The first-order valence-electron chi connectivity index (χ1n) is 5.71. The molecule has 1 aliphatic heterocycles. The van der Waals surface area contributed by atoms with E-state index in [4.69, 9.17) is 9.47 Å². The Hall–Kier alpha value is -1.13. The van der Waals surface area contributed by atoms with Gasteiger partial charge < -0.3 is 14.8 Å². The fourth-order valence-corrected chi connectivity index (χ4v) is 2.13. The maximum Gasteiger partial charge on any atom is 0.123 e. The predicted octanol–water partition coefficient (Wildman–Crippen LogP) is 2.27. The summed E-state index contributed by atoms with van der Waals surface area (Å²) >= 11 is 0. The molecule has 17 heavy (non-hydrogen) atoms. The van der Waals surface area contributed by atoms with Crippen LogP contribution in [0.15, 0.2) is 18.2 Å². The van der Waals surface area contributed by atoms with Gasteiger partial charge in [0.15, 0.2) is 0 Å². The molecule has 1 aromatic rings. The van der Waals surface area contributed by atoms with Crippen LogP contribution in [0.1, 0.15) is 25.5 Å². The van der Waals surface area contributed by atoms with Crippen molar-refractivity contribution in [3.63, 3.8) is 0 Å². The monoisotopic (exact) mass is 239 g/mol. The van der Waals surface area contributed by atoms with Crippen molar-refractivity contribution < 1.29 is 13.9 Å². The van der Waals surface area contributed by atoms with Gasteiger partial charge in [-0.3, -0.25) is 0 Å². The van der Waals surface area contributed by atoms with E-state index in [1.165, 1.54) is 12.1 Å². The van der Waals surface area contributed by atoms with Crippen LogP contribution >= 0.6 is 0 Å². The second kappa shape index (κ2) is 4.63. The zero-order chi connectivity index (χ0) is 12.5. The van der Waals surface area contributed by atoms with Gasteiger partial charge in [0.05, 0.1) is 26.4 Å². The third kappa shape index (κ3) is 2.76. The van der Waals surface area contributed by atoms with Crippen LogP contribution in [0.3, 0.4) is 0 Å². The fourth-order valence-electron chi connectivity index (χ4n) is 2.13. The number of hydrogen-bond acceptors (Lipinski definition) is 3. The van der Waals surface area contributed by atoms with E-state index in [9.17, 15) is 4.39 Å². The van der Waals surface area contributed by atoms with Crippen LogP contribution in [0.2, 0.25) is 0 Å². The van der Waals surface area contributed by atoms with Crippen molar-refractivity contribution in [3.8, 4) is 5.75 Å². The van der Waals surface area contributed by atoms with Gasteiger partial charge in [-0.25, -0.2) is 4.39 Å². The summed E-state index contributed by atoms with van der Waals surface area (Å²) in [6, 6.07) is 4.51. The van der Waals surface area contributed by atoms with Gasteiger partial charge in [-0.15, -0.1) is 0 Å². The van der Waals surface area contributed by atoms with E-state index in [1.807, 2.05) is 0 Å². The van der Waals surface area contributed by atoms with Crippen LogP contribution in [-0.4, -0.2) is 25.9 Å². The lowest BCUT2D eigenvalue weighted by Crippen LogP contribution is -2.51. The predicted molar refractivity (Wildman–Crippen MR) is 63.7 cm³/mol. The van der Waals surface area contributed by atoms with Gasteiger partial charge in [0.25, 0.3) is 0 Å². The maximum absolute atomic E-state index is 13.3. The molecule has 1 aromatic carbocycles. The summed E-state index contributed by atoms with van der Waals surface area (Å²) in [7, 11) is 1.59. The average molecular weight is 239 g/mol. The Morgan fingerprint density at radius 2 is 2.24 bits per heavy atom. The molecule has 0 spiro atoms. The highest BCUT2D eigenvalue weighted by Crippen LogP contribution is 2.30. The van der Waals surface area contributed by atoms with Gasteiger partial charge in [0, 0.05) is 11.1 Å². The maximum atomic E-state index is 13.3. The van der Waals surface area contributed by atoms with Crippen molar-refractivity contribution in [2.24, 2.45) is 0 Å². The van der Waals surface area contributed by atoms with Crippen molar-refractivity contribution in [2.75, 3.05) is 20.3 Å². The molecule has 4 heteroatoms. The molecule has 1 heterocycles. The molecule has 94 valence electrons. The first-order valence-corrected chi connectivity index (χ1v) is 5.71. The molecule has 0 amide bonds. The van der Waals surface area contributed by atoms with E-state index < -0.39 is 0 Å². The number of morpholine rings is 1. The summed E-state index contributed by atoms with van der Waals surface area (Å²) in [6.07, 6.45) is 0. The molecular weight excluding hydrogens is 221 g/mol. The molecule has 1 aliphatic rings. The molecule has 0 radical (unpaired) electrons. The third-order valence-electron chi connectivity index (χ3n) is 2.88. The standard InChI is InChI=1S/C13H18FNO2/c1-13(2)8-17-7-11(15-13)10-6-9(14)4-5-12(10)16-3/h4-6,11,15H,7-8H2,1-3H3. The van der Waals surface area contributed by atoms with Gasteiger partial charge in [0.1, 0.15) is 11.6 Å². The Labute approximate surface area is 101 Å². The number of methoxy groups -OCH3 is 1. The minimum Gasteiger partial charge on any atom is -0.496 e. The quantitative estimate of drug-likeness (QED) is 0.858. The van der Waals surface area contributed by atoms with Gasteiger partial charge in [-0.05, 0) is 32.0 Å². The van der Waals surface area contributed by atoms with Crippen LogP contribution in [0.4, 0.5) is 4.39 Å². The number of rotatable bonds is 2. The summed E-state index contributed by atoms with van der Waals surface area (Å²) in [5.41, 5.74) is 0.695. The number of halogens is 1. The highest BCUT2D eigenvalue weighted by Gasteiger charge is 2.30. The van der Waals surface area contributed by atoms with E-state index in [-0.39, 0.29) is 17.4 Å². The zero-order valence-electron chi connectivity index (χ0n) is 10.4. The van der Waals surface area contributed by atoms with Crippen molar-refractivity contribution in [1.82, 2.24) is 5.32 Å². The molecule has 1 N–H and O–H groups in total. The van der Waals surface area contributed by atoms with Crippen molar-refractivity contribution in [2.45, 2.75) is 25.4 Å². The number of nitrogens with one attached hydrogen (secondary N) is 1. The number of benzene rings is 1. The van der Waals surface area contributed by atoms with Crippen LogP contribution in [0.25, 0.3) is 0 Å². The van der Waals surface area contributed by atoms with Gasteiger partial charge >= 0.3 is 0 Å². The molecule has 0 saturated carbocycles. The summed E-state index contributed by atoms with van der Waals surface area (Å²) in [4.78, 5) is 0. The lowest BCUT2D eigenvalue weighted by atomic mass is 9.98. The van der Waals surface area contributed by atoms with Gasteiger partial charge in [0.2, 0.25) is 0 Å². The Morgan fingerprint density at radius 1 is 1.47 bits per heavy atom. The van der Waals surface area contributed by atoms with Gasteiger partial charge in [-0.1, -0.05) is 0 Å². The molecule has 1 fully saturated rings. The van der Waals surface area contributed by atoms with Crippen LogP contribution in [-0.2, 0) is 4.74 Å². The molecule has 1 unspecified atom stereocenters. The SMILES string of the molecule is COc1ccc(F)cc1C1COCC(C)(C)N1. The van der Waals surface area contributed by atoms with Crippen LogP contribution < -0.4 is 10.1 Å². The van der Waals surface area contributed by atoms with Crippen molar-refractivity contribution >= 4 is 0 Å². The fraction of sp³-hybridized carbons (Fsp3) is 0.538. The lowest BCUT2D eigenvalue weighted by Gasteiger charge is -2.37. The summed E-state index contributed by atoms with van der Waals surface area (Å²) in [5.74, 6) is 0.427. The summed E-state index contributed by atoms with van der Waals surface area (Å²) in [5, 5.41) is 3.44. The lowest BCUT2D eigenvalue weighted by molar-refractivity contribution is 0.0121. The van der Waals surface area contributed by atoms with Crippen molar-refractivity contribution in [3.05, 3.63) is 29.6 Å². The van der Waals surface area contributed by atoms with Crippen LogP contribution in [0, 0.1) is 5.82 Å². The largest absolute Gasteiger partial charge is 0.496 e. The molecule has 0 bridgehead atoms. The zero-order valence-corrected chi connectivity index (χ0v) is 10.4. The molecule has 3 nitrogen and oxygen atoms in total. The number of ether oxygens (including phenoxy) is 2. The van der Waals surface area contributed by atoms with E-state index in [1.54, 1.807) is 13.2 Å². The van der Waals surface area contributed by atoms with Crippen LogP contribution in [0.5, 0.6) is 5.75 Å². The Morgan fingerprint density at radius 3 is 2.88 bits per heavy atom. The van der Waals surface area contributed by atoms with E-state index in [0.29, 0.717) is 19.0 Å². The second-order valence-corrected chi connectivity index (χ2v) is 4.98. The molecular formula is C13H18FNO2. The van der Waals surface area contributed by atoms with E-state index in [0.717, 1.165) is 5.56 Å². The molecule has 1 saturated heterocycles. The molecule has 1 atom stereocenters. The smallest absolute Gasteiger partial charge is 0.123 e. The second-order valence-electron chi connectivity index (χ2n) is 4.98. The summed E-state index contributed by atoms with van der Waals surface area (Å²) < 4.78 is 24.1. The topological polar surface area (TPSA) is 30.5 Å². The molecule has 0 aliphatic carbocycles. The molecule has 2 rings (SSSR count). The minimum absolute atomic E-state index is 0.0376. The van der Waals surface area contributed by atoms with E-state index in [2.05, 4.69) is 19.2 Å². The normalized spacial score (nSPS) is 23.4. The first kappa shape index (κ1) is 12.3. The van der Waals surface area contributed by atoms with E-state index >= 15 is 0 Å². The van der Waals surface area contributed by atoms with Gasteiger partial charge in [-0.2, -0.15) is 0 Å². The average Bonchev–Trinajstić information content (AvgIpc) is 2.27. The minimum atomic E-state index is -0.258. The Bertz CT molecular complexity index is 406. The first-order chi connectivity index (χ1) is 8.02. The highest BCUT2D eigenvalue weighted by molar-refractivity contribution is 5.37. The highest BCUT2D eigenvalue weighted by atomic mass is 19.1. The Balaban J connectivity index is 2.29. The summed E-state index contributed by atoms with van der Waals surface area (Å²) in [6.45, 7) is 5.31. The number of hydrogen-bond donors (Lipinski definition) is 1. The Kier molecular flexibility index (Phi) is 3.35. The third-order valence-corrected chi connectivity index (χ3v) is 2.88. The van der Waals surface area contributed by atoms with Crippen molar-refractivity contribution in [1.29, 1.82) is 0 Å².